The number of benzene rings is 5. The summed E-state index contributed by atoms with van der Waals surface area (Å²) >= 11 is 0. The van der Waals surface area contributed by atoms with Crippen molar-refractivity contribution >= 4 is 23.2 Å². The summed E-state index contributed by atoms with van der Waals surface area (Å²) in [5, 5.41) is 33.3. The number of nitriles is 2. The molecule has 5 aromatic rings. The molecule has 11 nitrogen and oxygen atoms in total. The van der Waals surface area contributed by atoms with Gasteiger partial charge in [0, 0.05) is 70.3 Å². The zero-order valence-corrected chi connectivity index (χ0v) is 40.0. The minimum absolute atomic E-state index is 0.0115. The molecule has 2 fully saturated rings. The van der Waals surface area contributed by atoms with E-state index in [1.807, 2.05) is 80.6 Å². The maximum absolute atomic E-state index is 12.9. The number of β-amino-alcohol motifs (C(OH)–C–C–N with tert-alkyl or cyclic N) is 1. The van der Waals surface area contributed by atoms with Crippen LogP contribution < -0.4 is 20.4 Å². The molecule has 2 heterocycles. The summed E-state index contributed by atoms with van der Waals surface area (Å²) in [7, 11) is 2.17. The Hall–Kier alpha value is -6.50. The molecule has 7 rings (SSSR count). The third-order valence-electron chi connectivity index (χ3n) is 12.5. The average molecular weight is 901 g/mol. The van der Waals surface area contributed by atoms with Gasteiger partial charge in [-0.1, -0.05) is 117 Å². The molecule has 5 aromatic carbocycles. The van der Waals surface area contributed by atoms with Gasteiger partial charge in [0.1, 0.15) is 13.1 Å². The van der Waals surface area contributed by atoms with E-state index in [0.29, 0.717) is 18.9 Å². The van der Waals surface area contributed by atoms with Crippen LogP contribution in [0.4, 0.5) is 11.4 Å². The summed E-state index contributed by atoms with van der Waals surface area (Å²) in [6, 6.07) is 47.7. The first-order valence-corrected chi connectivity index (χ1v) is 23.7. The minimum Gasteiger partial charge on any atom is -0.389 e. The first-order valence-electron chi connectivity index (χ1n) is 23.7. The quantitative estimate of drug-likeness (QED) is 0.0840. The molecule has 0 saturated carbocycles. The largest absolute Gasteiger partial charge is 0.389 e. The number of nitrogens with one attached hydrogen (secondary N) is 2. The maximum Gasteiger partial charge on any atom is 0.228 e. The molecule has 0 aliphatic carbocycles. The molecular weight excluding hydrogens is 833 g/mol. The van der Waals surface area contributed by atoms with Crippen LogP contribution in [0.25, 0.3) is 22.3 Å². The van der Waals surface area contributed by atoms with Crippen molar-refractivity contribution < 1.29 is 14.7 Å². The van der Waals surface area contributed by atoms with E-state index in [9.17, 15) is 14.7 Å². The van der Waals surface area contributed by atoms with E-state index in [0.717, 1.165) is 97.7 Å². The van der Waals surface area contributed by atoms with Gasteiger partial charge in [0.05, 0.1) is 29.6 Å². The van der Waals surface area contributed by atoms with Crippen molar-refractivity contribution in [3.63, 3.8) is 0 Å². The number of aliphatic hydroxyl groups is 1. The lowest BCUT2D eigenvalue weighted by molar-refractivity contribution is -0.123. The van der Waals surface area contributed by atoms with Gasteiger partial charge < -0.3 is 30.4 Å². The van der Waals surface area contributed by atoms with Crippen LogP contribution in [0.2, 0.25) is 0 Å². The predicted octanol–water partition coefficient (Wildman–Crippen LogP) is 8.09. The highest BCUT2D eigenvalue weighted by molar-refractivity contribution is 5.85. The number of hydrogen-bond donors (Lipinski definition) is 3. The Bertz CT molecular complexity index is 2420. The molecule has 0 bridgehead atoms. The van der Waals surface area contributed by atoms with Crippen LogP contribution in [0.3, 0.4) is 0 Å². The van der Waals surface area contributed by atoms with Crippen LogP contribution in [0.5, 0.6) is 0 Å². The second kappa shape index (κ2) is 24.3. The van der Waals surface area contributed by atoms with Crippen molar-refractivity contribution in [2.75, 3.05) is 88.8 Å². The SMILES string of the molecule is CC(C)CC(C(=O)NCC#N)c1cccc(-c2ccc(N3CCN(CC(C)(C)O)CC3)cc2)c1.CN1CCN(c2ccc(-c3cccc(C(Cc4ccccc4)C(=O)NCC#N)c3)cc2)CC1. The van der Waals surface area contributed by atoms with Crippen molar-refractivity contribution in [1.29, 1.82) is 10.5 Å². The van der Waals surface area contributed by atoms with Gasteiger partial charge in [-0.15, -0.1) is 0 Å². The molecule has 11 heteroatoms. The van der Waals surface area contributed by atoms with Crippen LogP contribution in [-0.4, -0.2) is 111 Å². The molecule has 2 aliphatic heterocycles. The fraction of sp³-hybridized carbons (Fsp3) is 0.393. The molecule has 350 valence electrons. The van der Waals surface area contributed by atoms with Crippen LogP contribution in [0.1, 0.15) is 62.6 Å². The summed E-state index contributed by atoms with van der Waals surface area (Å²) in [5.41, 5.74) is 9.24. The van der Waals surface area contributed by atoms with E-state index in [1.165, 1.54) is 11.4 Å². The number of anilines is 2. The number of rotatable bonds is 16. The molecule has 2 unspecified atom stereocenters. The third kappa shape index (κ3) is 15.0. The number of likely N-dealkylation sites (N-methyl/N-ethyl adjacent to an activating group) is 1. The lowest BCUT2D eigenvalue weighted by Gasteiger charge is -2.38. The van der Waals surface area contributed by atoms with Gasteiger partial charge in [-0.05, 0) is 103 Å². The van der Waals surface area contributed by atoms with Crippen LogP contribution in [0, 0.1) is 28.6 Å². The molecule has 2 amide bonds. The Balaban J connectivity index is 0.000000221. The highest BCUT2D eigenvalue weighted by atomic mass is 16.3. The van der Waals surface area contributed by atoms with E-state index in [4.69, 9.17) is 10.5 Å². The molecule has 0 spiro atoms. The first kappa shape index (κ1) is 49.9. The van der Waals surface area contributed by atoms with E-state index < -0.39 is 5.60 Å². The van der Waals surface area contributed by atoms with Gasteiger partial charge in [0.25, 0.3) is 0 Å². The van der Waals surface area contributed by atoms with E-state index >= 15 is 0 Å². The highest BCUT2D eigenvalue weighted by Gasteiger charge is 2.25. The normalized spacial score (nSPS) is 15.4. The number of nitrogens with zero attached hydrogens (tertiary/aromatic N) is 6. The summed E-state index contributed by atoms with van der Waals surface area (Å²) in [5.74, 6) is -0.475. The number of hydrogen-bond acceptors (Lipinski definition) is 9. The third-order valence-corrected chi connectivity index (χ3v) is 12.5. The predicted molar refractivity (Wildman–Crippen MR) is 271 cm³/mol. The highest BCUT2D eigenvalue weighted by Crippen LogP contribution is 2.31. The van der Waals surface area contributed by atoms with E-state index in [1.54, 1.807) is 0 Å². The zero-order chi connectivity index (χ0) is 47.8. The molecule has 67 heavy (non-hydrogen) atoms. The summed E-state index contributed by atoms with van der Waals surface area (Å²) < 4.78 is 0. The van der Waals surface area contributed by atoms with Crippen molar-refractivity contribution in [1.82, 2.24) is 20.4 Å². The van der Waals surface area contributed by atoms with Gasteiger partial charge in [-0.3, -0.25) is 14.5 Å². The molecule has 2 saturated heterocycles. The number of carbonyl (C=O) groups is 2. The Morgan fingerprint density at radius 3 is 1.54 bits per heavy atom. The Labute approximate surface area is 398 Å². The second-order valence-corrected chi connectivity index (χ2v) is 18.9. The zero-order valence-electron chi connectivity index (χ0n) is 40.0. The Morgan fingerprint density at radius 1 is 0.612 bits per heavy atom. The summed E-state index contributed by atoms with van der Waals surface area (Å²) in [6.45, 7) is 16.7. The van der Waals surface area contributed by atoms with Crippen LogP contribution in [0.15, 0.2) is 127 Å². The van der Waals surface area contributed by atoms with Crippen molar-refractivity contribution in [2.24, 2.45) is 5.92 Å². The van der Waals surface area contributed by atoms with Gasteiger partial charge >= 0.3 is 0 Å². The molecule has 0 aromatic heterocycles. The fourth-order valence-corrected chi connectivity index (χ4v) is 8.95. The van der Waals surface area contributed by atoms with E-state index in [-0.39, 0.29) is 36.7 Å². The van der Waals surface area contributed by atoms with Gasteiger partial charge in [-0.25, -0.2) is 0 Å². The van der Waals surface area contributed by atoms with Crippen molar-refractivity contribution in [2.45, 2.75) is 58.0 Å². The number of piperazine rings is 2. The standard InChI is InChI=1S/C28H38N4O2.C28H30N4O/c1-21(2)18-26(27(33)30-13-12-29)24-7-5-6-23(19-24)22-8-10-25(11-9-22)32-16-14-31(15-17-32)20-28(3,4)34;1-31-16-18-32(19-17-31)26-12-10-23(11-13-26)24-8-5-9-25(21-24)27(28(33)30-15-14-29)20-22-6-3-2-4-7-22/h5-11,19,21,26,34H,13-18,20H2,1-4H3,(H,30,33);2-13,21,27H,15-20H2,1H3,(H,30,33). The molecule has 3 N–H and O–H groups in total. The monoisotopic (exact) mass is 901 g/mol. The fourth-order valence-electron chi connectivity index (χ4n) is 8.95. The van der Waals surface area contributed by atoms with Gasteiger partial charge in [-0.2, -0.15) is 10.5 Å². The molecule has 0 radical (unpaired) electrons. The number of amides is 2. The van der Waals surface area contributed by atoms with Crippen molar-refractivity contribution in [3.05, 3.63) is 144 Å². The minimum atomic E-state index is -0.664. The second-order valence-electron chi connectivity index (χ2n) is 18.9. The maximum atomic E-state index is 12.9. The Kier molecular flexibility index (Phi) is 18.1. The lowest BCUT2D eigenvalue weighted by atomic mass is 9.88. The smallest absolute Gasteiger partial charge is 0.228 e. The van der Waals surface area contributed by atoms with Gasteiger partial charge in [0.15, 0.2) is 0 Å². The Morgan fingerprint density at radius 2 is 1.07 bits per heavy atom. The molecule has 2 atom stereocenters. The molecule has 2 aliphatic rings. The molecular formula is C56H68N8O3. The van der Waals surface area contributed by atoms with Gasteiger partial charge in [0.2, 0.25) is 11.8 Å². The topological polar surface area (TPSA) is 139 Å². The average Bonchev–Trinajstić information content (AvgIpc) is 3.34. The summed E-state index contributed by atoms with van der Waals surface area (Å²) in [4.78, 5) is 35.1. The summed E-state index contributed by atoms with van der Waals surface area (Å²) in [6.07, 6.45) is 1.32. The van der Waals surface area contributed by atoms with Crippen LogP contribution in [-0.2, 0) is 16.0 Å². The van der Waals surface area contributed by atoms with E-state index in [2.05, 4.69) is 124 Å². The van der Waals surface area contributed by atoms with Crippen LogP contribution >= 0.6 is 0 Å². The lowest BCUT2D eigenvalue weighted by Crippen LogP contribution is -2.50. The van der Waals surface area contributed by atoms with Crippen molar-refractivity contribution in [3.8, 4) is 34.4 Å². The first-order chi connectivity index (χ1) is 32.3. The number of carbonyl (C=O) groups excluding carboxylic acids is 2.